The van der Waals surface area contributed by atoms with Crippen LogP contribution in [-0.2, 0) is 11.1 Å². The van der Waals surface area contributed by atoms with Crippen molar-refractivity contribution in [2.45, 2.75) is 4.90 Å². The third kappa shape index (κ3) is 3.36. The van der Waals surface area contributed by atoms with Gasteiger partial charge in [0.2, 0.25) is 0 Å². The van der Waals surface area contributed by atoms with E-state index in [4.69, 9.17) is 23.2 Å². The van der Waals surface area contributed by atoms with Crippen LogP contribution in [0.15, 0.2) is 45.5 Å². The van der Waals surface area contributed by atoms with Gasteiger partial charge in [-0.15, -0.1) is 10.2 Å². The van der Waals surface area contributed by atoms with E-state index in [2.05, 4.69) is 14.6 Å². The molecule has 1 aromatic heterocycles. The van der Waals surface area contributed by atoms with Crippen molar-refractivity contribution in [3.05, 3.63) is 40.4 Å². The molecule has 3 aromatic rings. The molecular weight excluding hydrogens is 381 g/mol. The number of phenols is 1. The molecule has 1 unspecified atom stereocenters. The van der Waals surface area contributed by atoms with E-state index in [1.807, 2.05) is 0 Å². The Hall–Kier alpha value is -1.58. The second-order valence-corrected chi connectivity index (χ2v) is 6.87. The molecule has 1 heterocycles. The van der Waals surface area contributed by atoms with Gasteiger partial charge in [-0.2, -0.15) is 4.37 Å². The summed E-state index contributed by atoms with van der Waals surface area (Å²) in [5, 5.41) is 18.7. The molecule has 0 aliphatic carbocycles. The Morgan fingerprint density at radius 2 is 1.87 bits per heavy atom. The summed E-state index contributed by atoms with van der Waals surface area (Å²) in [6.07, 6.45) is 0. The topological polar surface area (TPSA) is 98.0 Å². The van der Waals surface area contributed by atoms with E-state index in [0.29, 0.717) is 21.6 Å². The summed E-state index contributed by atoms with van der Waals surface area (Å²) < 4.78 is 26.3. The molecule has 23 heavy (non-hydrogen) atoms. The molecule has 0 spiro atoms. The minimum absolute atomic E-state index is 0.0599. The van der Waals surface area contributed by atoms with Crippen molar-refractivity contribution in [3.63, 3.8) is 0 Å². The molecule has 1 N–H and O–H groups in total. The summed E-state index contributed by atoms with van der Waals surface area (Å²) >= 11 is 10.4. The number of halogens is 2. The van der Waals surface area contributed by atoms with Gasteiger partial charge in [-0.25, -0.2) is 0 Å². The second kappa shape index (κ2) is 6.50. The second-order valence-electron chi connectivity index (χ2n) is 4.36. The monoisotopic (exact) mass is 386 g/mol. The predicted octanol–water partition coefficient (Wildman–Crippen LogP) is 4.96. The van der Waals surface area contributed by atoms with Crippen molar-refractivity contribution >= 4 is 67.4 Å². The van der Waals surface area contributed by atoms with Gasteiger partial charge in [0, 0.05) is 10.3 Å². The van der Waals surface area contributed by atoms with Crippen LogP contribution in [0.2, 0.25) is 10.0 Å². The fourth-order valence-electron chi connectivity index (χ4n) is 1.80. The largest absolute Gasteiger partial charge is 0.768 e. The van der Waals surface area contributed by atoms with Gasteiger partial charge in [0.05, 0.1) is 21.2 Å². The smallest absolute Gasteiger partial charge is 0.166 e. The lowest BCUT2D eigenvalue weighted by Crippen LogP contribution is -1.87. The van der Waals surface area contributed by atoms with Crippen molar-refractivity contribution in [2.75, 3.05) is 0 Å². The first-order chi connectivity index (χ1) is 11.0. The van der Waals surface area contributed by atoms with E-state index >= 15 is 0 Å². The highest BCUT2D eigenvalue weighted by atomic mass is 35.5. The number of nitrogens with zero attached hydrogens (tertiary/aromatic N) is 3. The molecule has 118 valence electrons. The lowest BCUT2D eigenvalue weighted by atomic mass is 10.2. The Kier molecular flexibility index (Phi) is 4.60. The number of hydrogen-bond donors (Lipinski definition) is 1. The Morgan fingerprint density at radius 3 is 2.52 bits per heavy atom. The Morgan fingerprint density at radius 1 is 1.17 bits per heavy atom. The average molecular weight is 387 g/mol. The number of aromatic hydroxyl groups is 1. The standard InChI is InChI=1S/C13H7Cl2N3O3S2/c14-9-3-6(4-10(15)12(9)19)16-17-13-8-5-7(23(20)21)1-2-11(8)18-22-13/h1-5,19H,(H,20,21)/p-1. The third-order valence-electron chi connectivity index (χ3n) is 2.88. The lowest BCUT2D eigenvalue weighted by Gasteiger charge is -2.03. The van der Waals surface area contributed by atoms with Crippen LogP contribution in [-0.4, -0.2) is 18.2 Å². The molecule has 10 heteroatoms. The normalized spacial score (nSPS) is 13.0. The zero-order valence-electron chi connectivity index (χ0n) is 11.1. The first kappa shape index (κ1) is 16.3. The molecule has 0 bridgehead atoms. The van der Waals surface area contributed by atoms with Gasteiger partial charge in [-0.05, 0) is 52.9 Å². The van der Waals surface area contributed by atoms with Gasteiger partial charge in [0.25, 0.3) is 0 Å². The van der Waals surface area contributed by atoms with Crippen LogP contribution < -0.4 is 0 Å². The van der Waals surface area contributed by atoms with Crippen LogP contribution in [0.25, 0.3) is 10.9 Å². The molecule has 2 aromatic carbocycles. The number of hydrogen-bond acceptors (Lipinski definition) is 7. The molecule has 0 aliphatic heterocycles. The molecule has 0 amide bonds. The fourth-order valence-corrected chi connectivity index (χ4v) is 3.35. The highest BCUT2D eigenvalue weighted by Crippen LogP contribution is 2.37. The Bertz CT molecular complexity index is 936. The summed E-state index contributed by atoms with van der Waals surface area (Å²) in [5.74, 6) is -0.224. The maximum atomic E-state index is 11.0. The molecule has 1 atom stereocenters. The van der Waals surface area contributed by atoms with E-state index < -0.39 is 11.1 Å². The highest BCUT2D eigenvalue weighted by Gasteiger charge is 2.09. The van der Waals surface area contributed by atoms with E-state index in [-0.39, 0.29) is 20.7 Å². The number of benzene rings is 2. The number of azo groups is 1. The fraction of sp³-hybridized carbons (Fsp3) is 0. The summed E-state index contributed by atoms with van der Waals surface area (Å²) in [5.41, 5.74) is 0.975. The van der Waals surface area contributed by atoms with Crippen LogP contribution in [0.5, 0.6) is 5.75 Å². The van der Waals surface area contributed by atoms with Crippen LogP contribution in [0.1, 0.15) is 0 Å². The van der Waals surface area contributed by atoms with Crippen LogP contribution in [0.4, 0.5) is 10.7 Å². The van der Waals surface area contributed by atoms with Crippen LogP contribution in [0, 0.1) is 0 Å². The zero-order valence-corrected chi connectivity index (χ0v) is 14.2. The maximum Gasteiger partial charge on any atom is 0.166 e. The van der Waals surface area contributed by atoms with Gasteiger partial charge in [-0.1, -0.05) is 23.2 Å². The average Bonchev–Trinajstić information content (AvgIpc) is 2.92. The summed E-state index contributed by atoms with van der Waals surface area (Å²) in [7, 11) is 0. The minimum atomic E-state index is -2.33. The van der Waals surface area contributed by atoms with Crippen molar-refractivity contribution in [1.82, 2.24) is 4.37 Å². The molecular formula is C13H6Cl2N3O3S2-. The number of phenolic OH excluding ortho intramolecular Hbond substituents is 1. The minimum Gasteiger partial charge on any atom is -0.768 e. The van der Waals surface area contributed by atoms with E-state index in [9.17, 15) is 13.9 Å². The van der Waals surface area contributed by atoms with Crippen LogP contribution >= 0.6 is 34.7 Å². The predicted molar refractivity (Wildman–Crippen MR) is 89.1 cm³/mol. The van der Waals surface area contributed by atoms with Crippen molar-refractivity contribution in [3.8, 4) is 5.75 Å². The molecule has 6 nitrogen and oxygen atoms in total. The first-order valence-electron chi connectivity index (χ1n) is 6.04. The first-order valence-corrected chi connectivity index (χ1v) is 8.64. The molecule has 0 aliphatic rings. The van der Waals surface area contributed by atoms with Gasteiger partial charge in [0.1, 0.15) is 0 Å². The van der Waals surface area contributed by atoms with Gasteiger partial charge >= 0.3 is 0 Å². The van der Waals surface area contributed by atoms with Gasteiger partial charge in [0.15, 0.2) is 10.8 Å². The van der Waals surface area contributed by atoms with Crippen molar-refractivity contribution in [1.29, 1.82) is 0 Å². The molecule has 0 saturated heterocycles. The summed E-state index contributed by atoms with van der Waals surface area (Å²) in [6, 6.07) is 7.37. The third-order valence-corrected chi connectivity index (χ3v) is 4.86. The molecule has 0 saturated carbocycles. The molecule has 3 rings (SSSR count). The quantitative estimate of drug-likeness (QED) is 0.507. The number of aromatic nitrogens is 1. The van der Waals surface area contributed by atoms with Crippen LogP contribution in [0.3, 0.4) is 0 Å². The van der Waals surface area contributed by atoms with E-state index in [1.54, 1.807) is 6.07 Å². The summed E-state index contributed by atoms with van der Waals surface area (Å²) in [4.78, 5) is 0.143. The van der Waals surface area contributed by atoms with Crippen molar-refractivity contribution in [2.24, 2.45) is 10.2 Å². The Labute approximate surface area is 146 Å². The highest BCUT2D eigenvalue weighted by molar-refractivity contribution is 7.79. The number of fused-ring (bicyclic) bond motifs is 1. The number of rotatable bonds is 3. The molecule has 0 radical (unpaired) electrons. The lowest BCUT2D eigenvalue weighted by molar-refractivity contribution is 0.476. The Balaban J connectivity index is 2.01. The SMILES string of the molecule is O=S([O-])c1ccc2nsc(N=Nc3cc(Cl)c(O)c(Cl)c3)c2c1. The summed E-state index contributed by atoms with van der Waals surface area (Å²) in [6.45, 7) is 0. The molecule has 0 fully saturated rings. The maximum absolute atomic E-state index is 11.0. The van der Waals surface area contributed by atoms with Gasteiger partial charge < -0.3 is 9.66 Å². The zero-order chi connectivity index (χ0) is 16.6. The van der Waals surface area contributed by atoms with E-state index in [1.165, 1.54) is 24.3 Å². The van der Waals surface area contributed by atoms with E-state index in [0.717, 1.165) is 11.5 Å². The van der Waals surface area contributed by atoms with Crippen molar-refractivity contribution < 1.29 is 13.9 Å². The van der Waals surface area contributed by atoms with Gasteiger partial charge in [-0.3, -0.25) is 4.21 Å².